The third-order valence-electron chi connectivity index (χ3n) is 3.74. The molecule has 0 radical (unpaired) electrons. The highest BCUT2D eigenvalue weighted by atomic mass is 32.2. The summed E-state index contributed by atoms with van der Waals surface area (Å²) in [5, 5.41) is -0.939. The summed E-state index contributed by atoms with van der Waals surface area (Å²) in [5.41, 5.74) is 0. The highest BCUT2D eigenvalue weighted by Gasteiger charge is 2.43. The summed E-state index contributed by atoms with van der Waals surface area (Å²) in [6.07, 6.45) is 0.367. The van der Waals surface area contributed by atoms with E-state index in [0.717, 1.165) is 4.31 Å². The zero-order valence-electron chi connectivity index (χ0n) is 10.5. The molecule has 112 valence electrons. The van der Waals surface area contributed by atoms with Crippen molar-refractivity contribution in [3.05, 3.63) is 0 Å². The fourth-order valence-electron chi connectivity index (χ4n) is 2.50. The maximum Gasteiger partial charge on any atom is 0.218 e. The van der Waals surface area contributed by atoms with Crippen molar-refractivity contribution in [3.63, 3.8) is 0 Å². The minimum Gasteiger partial charge on any atom is -0.229 e. The molecule has 2 rings (SSSR count). The van der Waals surface area contributed by atoms with Gasteiger partial charge in [0.15, 0.2) is 19.7 Å². The second-order valence-corrected chi connectivity index (χ2v) is 11.9. The molecule has 2 heterocycles. The molecule has 19 heavy (non-hydrogen) atoms. The molecule has 2 saturated heterocycles. The Labute approximate surface area is 113 Å². The minimum absolute atomic E-state index is 0.0134. The lowest BCUT2D eigenvalue weighted by atomic mass is 10.3. The van der Waals surface area contributed by atoms with E-state index in [4.69, 9.17) is 0 Å². The van der Waals surface area contributed by atoms with Crippen LogP contribution < -0.4 is 0 Å². The van der Waals surface area contributed by atoms with E-state index in [1.165, 1.54) is 7.05 Å². The van der Waals surface area contributed by atoms with Gasteiger partial charge in [0.2, 0.25) is 10.0 Å². The summed E-state index contributed by atoms with van der Waals surface area (Å²) in [6, 6.07) is -0.571. The van der Waals surface area contributed by atoms with Crippen LogP contribution in [0.15, 0.2) is 0 Å². The van der Waals surface area contributed by atoms with E-state index in [1.54, 1.807) is 0 Å². The van der Waals surface area contributed by atoms with E-state index >= 15 is 0 Å². The van der Waals surface area contributed by atoms with Crippen LogP contribution in [-0.4, -0.2) is 70.9 Å². The molecule has 0 saturated carbocycles. The van der Waals surface area contributed by atoms with Crippen LogP contribution in [0.3, 0.4) is 0 Å². The van der Waals surface area contributed by atoms with Crippen molar-refractivity contribution in [1.29, 1.82) is 0 Å². The van der Waals surface area contributed by atoms with Gasteiger partial charge in [-0.3, -0.25) is 0 Å². The quantitative estimate of drug-likeness (QED) is 0.631. The Morgan fingerprint density at radius 3 is 1.89 bits per heavy atom. The van der Waals surface area contributed by atoms with Crippen molar-refractivity contribution in [3.8, 4) is 0 Å². The van der Waals surface area contributed by atoms with Gasteiger partial charge in [-0.15, -0.1) is 0 Å². The van der Waals surface area contributed by atoms with Crippen LogP contribution in [0.1, 0.15) is 12.8 Å². The highest BCUT2D eigenvalue weighted by molar-refractivity contribution is 7.95. The Morgan fingerprint density at radius 2 is 1.47 bits per heavy atom. The third-order valence-corrected chi connectivity index (χ3v) is 9.81. The lowest BCUT2D eigenvalue weighted by Crippen LogP contribution is -2.43. The molecule has 0 unspecified atom stereocenters. The van der Waals surface area contributed by atoms with E-state index < -0.39 is 41.0 Å². The molecule has 0 N–H and O–H groups in total. The van der Waals surface area contributed by atoms with Crippen molar-refractivity contribution in [2.24, 2.45) is 0 Å². The molecule has 0 bridgehead atoms. The largest absolute Gasteiger partial charge is 0.229 e. The zero-order chi connectivity index (χ0) is 14.5. The Bertz CT molecular complexity index is 663. The van der Waals surface area contributed by atoms with Crippen molar-refractivity contribution < 1.29 is 25.3 Å². The predicted octanol–water partition coefficient (Wildman–Crippen LogP) is -1.38. The van der Waals surface area contributed by atoms with Gasteiger partial charge >= 0.3 is 0 Å². The minimum atomic E-state index is -3.75. The molecule has 2 aliphatic heterocycles. The first-order chi connectivity index (χ1) is 8.54. The van der Waals surface area contributed by atoms with E-state index in [-0.39, 0.29) is 35.9 Å². The number of nitrogens with zero attached hydrogens (tertiary/aromatic N) is 1. The van der Waals surface area contributed by atoms with Crippen LogP contribution in [0, 0.1) is 0 Å². The standard InChI is InChI=1S/C9H17NO6S3/c1-10(8-2-4-17(11,12)6-8)19(15,16)9-3-5-18(13,14)7-9/h8-9H,2-7H2,1H3/t8-,9+/m1/s1. The van der Waals surface area contributed by atoms with Crippen LogP contribution in [0.2, 0.25) is 0 Å². The average Bonchev–Trinajstić information content (AvgIpc) is 2.80. The van der Waals surface area contributed by atoms with Crippen molar-refractivity contribution >= 4 is 29.7 Å². The molecule has 2 aliphatic rings. The summed E-state index contributed by atoms with van der Waals surface area (Å²) in [5.74, 6) is -0.671. The second-order valence-electron chi connectivity index (χ2n) is 5.14. The van der Waals surface area contributed by atoms with E-state index in [0.29, 0.717) is 0 Å². The van der Waals surface area contributed by atoms with Gasteiger partial charge in [-0.1, -0.05) is 0 Å². The zero-order valence-corrected chi connectivity index (χ0v) is 13.0. The lowest BCUT2D eigenvalue weighted by Gasteiger charge is -2.25. The van der Waals surface area contributed by atoms with Crippen LogP contribution in [-0.2, 0) is 29.7 Å². The number of sulfonamides is 1. The highest BCUT2D eigenvalue weighted by Crippen LogP contribution is 2.26. The summed E-state index contributed by atoms with van der Waals surface area (Å²) in [7, 11) is -8.87. The van der Waals surface area contributed by atoms with Gasteiger partial charge in [-0.2, -0.15) is 0 Å². The van der Waals surface area contributed by atoms with E-state index in [9.17, 15) is 25.3 Å². The second kappa shape index (κ2) is 4.68. The van der Waals surface area contributed by atoms with Gasteiger partial charge in [-0.25, -0.2) is 29.6 Å². The van der Waals surface area contributed by atoms with Gasteiger partial charge in [-0.05, 0) is 12.8 Å². The van der Waals surface area contributed by atoms with Crippen molar-refractivity contribution in [1.82, 2.24) is 4.31 Å². The van der Waals surface area contributed by atoms with Crippen molar-refractivity contribution in [2.45, 2.75) is 24.1 Å². The molecule has 10 heteroatoms. The number of hydrogen-bond acceptors (Lipinski definition) is 6. The number of hydrogen-bond donors (Lipinski definition) is 0. The SMILES string of the molecule is CN([C@@H]1CCS(=O)(=O)C1)S(=O)(=O)[C@H]1CCS(=O)(=O)C1. The van der Waals surface area contributed by atoms with Crippen molar-refractivity contribution in [2.75, 3.05) is 30.1 Å². The molecule has 0 aromatic rings. The molecule has 0 aromatic carbocycles. The third kappa shape index (κ3) is 3.11. The normalized spacial score (nSPS) is 33.8. The summed E-state index contributed by atoms with van der Waals surface area (Å²) in [6.45, 7) is 0. The first kappa shape index (κ1) is 15.2. The van der Waals surface area contributed by atoms with E-state index in [2.05, 4.69) is 0 Å². The Balaban J connectivity index is 2.17. The molecular formula is C9H17NO6S3. The molecule has 0 aromatic heterocycles. The van der Waals surface area contributed by atoms with E-state index in [1.807, 2.05) is 0 Å². The predicted molar refractivity (Wildman–Crippen MR) is 70.8 cm³/mol. The number of rotatable bonds is 3. The van der Waals surface area contributed by atoms with Gasteiger partial charge in [0.1, 0.15) is 0 Å². The molecule has 0 spiro atoms. The first-order valence-electron chi connectivity index (χ1n) is 5.91. The summed E-state index contributed by atoms with van der Waals surface area (Å²) < 4.78 is 71.1. The first-order valence-corrected chi connectivity index (χ1v) is 11.1. The molecule has 2 fully saturated rings. The van der Waals surface area contributed by atoms with Crippen LogP contribution in [0.25, 0.3) is 0 Å². The molecule has 0 aliphatic carbocycles. The summed E-state index contributed by atoms with van der Waals surface area (Å²) in [4.78, 5) is 0. The van der Waals surface area contributed by atoms with Crippen LogP contribution in [0.4, 0.5) is 0 Å². The molecule has 0 amide bonds. The fraction of sp³-hybridized carbons (Fsp3) is 1.00. The molecule has 7 nitrogen and oxygen atoms in total. The number of sulfone groups is 2. The lowest BCUT2D eigenvalue weighted by molar-refractivity contribution is 0.388. The Hall–Kier alpha value is -0.190. The van der Waals surface area contributed by atoms with Gasteiger partial charge in [0, 0.05) is 13.1 Å². The van der Waals surface area contributed by atoms with Crippen LogP contribution >= 0.6 is 0 Å². The van der Waals surface area contributed by atoms with Crippen LogP contribution in [0.5, 0.6) is 0 Å². The Morgan fingerprint density at radius 1 is 0.947 bits per heavy atom. The average molecular weight is 331 g/mol. The molecular weight excluding hydrogens is 314 g/mol. The van der Waals surface area contributed by atoms with Gasteiger partial charge in [0.25, 0.3) is 0 Å². The molecule has 2 atom stereocenters. The fourth-order valence-corrected chi connectivity index (χ4v) is 8.85. The smallest absolute Gasteiger partial charge is 0.218 e. The topological polar surface area (TPSA) is 106 Å². The monoisotopic (exact) mass is 331 g/mol. The van der Waals surface area contributed by atoms with Gasteiger partial charge in [0.05, 0.1) is 28.3 Å². The van der Waals surface area contributed by atoms with Gasteiger partial charge < -0.3 is 0 Å². The maximum atomic E-state index is 12.3. The maximum absolute atomic E-state index is 12.3. The summed E-state index contributed by atoms with van der Waals surface area (Å²) >= 11 is 0. The Kier molecular flexibility index (Phi) is 3.74.